The molecule has 1 N–H and O–H groups in total. The second-order valence-corrected chi connectivity index (χ2v) is 8.80. The van der Waals surface area contributed by atoms with Gasteiger partial charge in [0.2, 0.25) is 0 Å². The molecule has 0 fully saturated rings. The highest BCUT2D eigenvalue weighted by Crippen LogP contribution is 2.23. The quantitative estimate of drug-likeness (QED) is 0.398. The van der Waals surface area contributed by atoms with Gasteiger partial charge in [-0.3, -0.25) is 18.6 Å². The van der Waals surface area contributed by atoms with Crippen LogP contribution in [-0.4, -0.2) is 47.3 Å². The fourth-order valence-corrected chi connectivity index (χ4v) is 3.69. The molecule has 32 heavy (non-hydrogen) atoms. The summed E-state index contributed by atoms with van der Waals surface area (Å²) < 4.78 is 30.6. The van der Waals surface area contributed by atoms with Crippen molar-refractivity contribution in [1.82, 2.24) is 13.9 Å². The third kappa shape index (κ3) is 7.32. The zero-order chi connectivity index (χ0) is 23.8. The predicted molar refractivity (Wildman–Crippen MR) is 122 cm³/mol. The minimum absolute atomic E-state index is 0.0500. The normalized spacial score (nSPS) is 12.0. The van der Waals surface area contributed by atoms with E-state index in [0.717, 1.165) is 22.7 Å². The van der Waals surface area contributed by atoms with Crippen molar-refractivity contribution in [1.29, 1.82) is 0 Å². The number of benzene rings is 1. The molecule has 0 spiro atoms. The van der Waals surface area contributed by atoms with Crippen LogP contribution in [0.2, 0.25) is 5.02 Å². The molecular formula is C21H28ClN4O5S-. The van der Waals surface area contributed by atoms with E-state index in [1.165, 1.54) is 6.20 Å². The molecular weight excluding hydrogens is 456 g/mol. The van der Waals surface area contributed by atoms with E-state index in [0.29, 0.717) is 29.5 Å². The molecule has 9 nitrogen and oxygen atoms in total. The average molecular weight is 484 g/mol. The molecule has 0 bridgehead atoms. The summed E-state index contributed by atoms with van der Waals surface area (Å²) >= 11 is 3.70. The summed E-state index contributed by atoms with van der Waals surface area (Å²) in [6, 6.07) is 5.04. The topological polar surface area (TPSA) is 117 Å². The third-order valence-corrected chi connectivity index (χ3v) is 5.61. The number of amides is 2. The number of anilines is 1. The van der Waals surface area contributed by atoms with Crippen molar-refractivity contribution >= 4 is 40.6 Å². The van der Waals surface area contributed by atoms with Crippen LogP contribution >= 0.6 is 11.6 Å². The van der Waals surface area contributed by atoms with Gasteiger partial charge < -0.3 is 13.9 Å². The summed E-state index contributed by atoms with van der Waals surface area (Å²) in [7, 11) is 0. The Morgan fingerprint density at radius 2 is 2.06 bits per heavy atom. The second-order valence-electron chi connectivity index (χ2n) is 7.52. The molecule has 1 heterocycles. The fourth-order valence-electron chi connectivity index (χ4n) is 2.95. The first kappa shape index (κ1) is 25.8. The lowest BCUT2D eigenvalue weighted by Gasteiger charge is -2.23. The molecule has 2 aromatic rings. The zero-order valence-corrected chi connectivity index (χ0v) is 20.2. The highest BCUT2D eigenvalue weighted by atomic mass is 35.5. The number of halogens is 1. The minimum atomic E-state index is -2.67. The van der Waals surface area contributed by atoms with Crippen LogP contribution in [0.25, 0.3) is 0 Å². The molecule has 0 aliphatic rings. The van der Waals surface area contributed by atoms with Crippen LogP contribution in [0.4, 0.5) is 10.5 Å². The van der Waals surface area contributed by atoms with E-state index < -0.39 is 23.3 Å². The molecule has 0 radical (unpaired) electrons. The molecule has 1 aromatic heterocycles. The van der Waals surface area contributed by atoms with Gasteiger partial charge in [-0.25, -0.2) is 9.78 Å². The van der Waals surface area contributed by atoms with Gasteiger partial charge in [0.05, 0.1) is 23.9 Å². The predicted octanol–water partition coefficient (Wildman–Crippen LogP) is 4.28. The van der Waals surface area contributed by atoms with Gasteiger partial charge in [-0.15, -0.1) is 0 Å². The number of rotatable bonds is 10. The fraction of sp³-hybridized carbons (Fsp3) is 0.476. The number of ether oxygens (including phenoxy) is 1. The Bertz CT molecular complexity index is 979. The Kier molecular flexibility index (Phi) is 9.67. The molecule has 0 saturated heterocycles. The highest BCUT2D eigenvalue weighted by Gasteiger charge is 2.20. The first-order valence-corrected chi connectivity index (χ1v) is 11.7. The van der Waals surface area contributed by atoms with E-state index in [1.54, 1.807) is 43.5 Å². The first-order valence-electron chi connectivity index (χ1n) is 10.3. The number of unbranched alkanes of at least 4 members (excludes halogenated alkanes) is 2. The maximum Gasteiger partial charge on any atom is 0.411 e. The van der Waals surface area contributed by atoms with E-state index in [1.807, 2.05) is 6.92 Å². The molecule has 1 atom stereocenters. The third-order valence-electron chi connectivity index (χ3n) is 4.55. The Morgan fingerprint density at radius 1 is 1.34 bits per heavy atom. The average Bonchev–Trinajstić information content (AvgIpc) is 3.06. The molecule has 0 aliphatic heterocycles. The molecule has 11 heteroatoms. The van der Waals surface area contributed by atoms with Crippen molar-refractivity contribution in [3.8, 4) is 0 Å². The number of imidazole rings is 1. The molecule has 1 unspecified atom stereocenters. The van der Waals surface area contributed by atoms with E-state index in [-0.39, 0.29) is 18.3 Å². The SMILES string of the molecule is CCCCCN(C(=O)c1cn(Cc2ccc(NC(=O)OC(C)C)cc2Cl)c(C)n1)S(=O)[O-]. The lowest BCUT2D eigenvalue weighted by atomic mass is 10.2. The van der Waals surface area contributed by atoms with Gasteiger partial charge in [-0.2, -0.15) is 0 Å². The smallest absolute Gasteiger partial charge is 0.411 e. The van der Waals surface area contributed by atoms with Gasteiger partial charge in [0.1, 0.15) is 11.5 Å². The van der Waals surface area contributed by atoms with Crippen LogP contribution in [0.5, 0.6) is 0 Å². The number of hydrogen-bond acceptors (Lipinski definition) is 6. The van der Waals surface area contributed by atoms with Gasteiger partial charge in [-0.05, 0) is 44.9 Å². The standard InChI is InChI=1S/C21H29ClN4O5S/c1-5-6-7-10-26(32(29)30)20(27)19-13-25(15(4)23-19)12-16-8-9-17(11-18(16)22)24-21(28)31-14(2)3/h8-9,11,13-14H,5-7,10,12H2,1-4H3,(H,24,28)(H,29,30)/p-1. The van der Waals surface area contributed by atoms with E-state index in [9.17, 15) is 18.4 Å². The van der Waals surface area contributed by atoms with Crippen LogP contribution in [0.1, 0.15) is 61.9 Å². The number of aryl methyl sites for hydroxylation is 1. The Morgan fingerprint density at radius 3 is 2.66 bits per heavy atom. The summed E-state index contributed by atoms with van der Waals surface area (Å²) in [6.45, 7) is 7.66. The van der Waals surface area contributed by atoms with Crippen molar-refractivity contribution in [2.24, 2.45) is 0 Å². The van der Waals surface area contributed by atoms with Crippen LogP contribution < -0.4 is 5.32 Å². The molecule has 0 aliphatic carbocycles. The summed E-state index contributed by atoms with van der Waals surface area (Å²) in [6.07, 6.45) is 3.03. The first-order chi connectivity index (χ1) is 15.1. The molecule has 2 amide bonds. The van der Waals surface area contributed by atoms with Gasteiger partial charge in [0.25, 0.3) is 5.91 Å². The molecule has 176 valence electrons. The number of aromatic nitrogens is 2. The van der Waals surface area contributed by atoms with Crippen molar-refractivity contribution in [3.05, 3.63) is 46.5 Å². The maximum absolute atomic E-state index is 12.7. The number of nitrogens with zero attached hydrogens (tertiary/aromatic N) is 3. The zero-order valence-electron chi connectivity index (χ0n) is 18.6. The van der Waals surface area contributed by atoms with E-state index >= 15 is 0 Å². The summed E-state index contributed by atoms with van der Waals surface area (Å²) in [4.78, 5) is 28.6. The molecule has 0 saturated carbocycles. The number of carbonyl (C=O) groups is 2. The van der Waals surface area contributed by atoms with Gasteiger partial charge >= 0.3 is 6.09 Å². The van der Waals surface area contributed by atoms with Crippen LogP contribution in [0.3, 0.4) is 0 Å². The van der Waals surface area contributed by atoms with Crippen LogP contribution in [0.15, 0.2) is 24.4 Å². The number of hydrogen-bond donors (Lipinski definition) is 1. The van der Waals surface area contributed by atoms with Crippen molar-refractivity contribution in [3.63, 3.8) is 0 Å². The molecule has 1 aromatic carbocycles. The second kappa shape index (κ2) is 12.0. The monoisotopic (exact) mass is 483 g/mol. The Hall–Kier alpha value is -2.43. The van der Waals surface area contributed by atoms with Crippen LogP contribution in [-0.2, 0) is 22.5 Å². The molecule has 2 rings (SSSR count). The van der Waals surface area contributed by atoms with Crippen molar-refractivity contribution in [2.75, 3.05) is 11.9 Å². The van der Waals surface area contributed by atoms with Gasteiger partial charge in [0.15, 0.2) is 0 Å². The minimum Gasteiger partial charge on any atom is -0.755 e. The largest absolute Gasteiger partial charge is 0.755 e. The lowest BCUT2D eigenvalue weighted by molar-refractivity contribution is 0.0852. The Labute approximate surface area is 195 Å². The number of carbonyl (C=O) groups excluding carboxylic acids is 2. The maximum atomic E-state index is 12.7. The van der Waals surface area contributed by atoms with E-state index in [2.05, 4.69) is 10.3 Å². The van der Waals surface area contributed by atoms with Crippen molar-refractivity contribution < 1.29 is 23.1 Å². The number of nitrogens with one attached hydrogen (secondary N) is 1. The van der Waals surface area contributed by atoms with Crippen LogP contribution in [0, 0.1) is 6.92 Å². The summed E-state index contributed by atoms with van der Waals surface area (Å²) in [5, 5.41) is 3.02. The van der Waals surface area contributed by atoms with Gasteiger partial charge in [0, 0.05) is 23.5 Å². The van der Waals surface area contributed by atoms with Gasteiger partial charge in [-0.1, -0.05) is 37.4 Å². The summed E-state index contributed by atoms with van der Waals surface area (Å²) in [5.74, 6) is -0.122. The Balaban J connectivity index is 2.13. The summed E-state index contributed by atoms with van der Waals surface area (Å²) in [5.41, 5.74) is 1.28. The lowest BCUT2D eigenvalue weighted by Crippen LogP contribution is -2.33. The van der Waals surface area contributed by atoms with E-state index in [4.69, 9.17) is 16.3 Å². The van der Waals surface area contributed by atoms with Crippen molar-refractivity contribution in [2.45, 2.75) is 59.6 Å². The highest BCUT2D eigenvalue weighted by molar-refractivity contribution is 7.77.